The van der Waals surface area contributed by atoms with Crippen LogP contribution in [0.25, 0.3) is 0 Å². The van der Waals surface area contributed by atoms with Crippen molar-refractivity contribution in [3.8, 4) is 0 Å². The summed E-state index contributed by atoms with van der Waals surface area (Å²) in [5.74, 6) is 0.568. The standard InChI is InChI=1S/C16H25NO2S2/c1-3-17-14(9-7-11-21(18,19)4-2)16-12-13-8-5-6-10-15(13)20-16/h5-6,8,10,14,16-17H,3-4,7,9,11-12H2,1-2H3. The second-order valence-electron chi connectivity index (χ2n) is 5.51. The quantitative estimate of drug-likeness (QED) is 0.797. The Hall–Kier alpha value is -0.520. The van der Waals surface area contributed by atoms with Crippen LogP contribution in [0.15, 0.2) is 29.2 Å². The minimum absolute atomic E-state index is 0.252. The lowest BCUT2D eigenvalue weighted by molar-refractivity contribution is 0.472. The molecule has 0 aliphatic carbocycles. The van der Waals surface area contributed by atoms with Crippen LogP contribution in [0.4, 0.5) is 0 Å². The fourth-order valence-electron chi connectivity index (χ4n) is 2.78. The van der Waals surface area contributed by atoms with E-state index in [4.69, 9.17) is 0 Å². The third-order valence-electron chi connectivity index (χ3n) is 4.00. The third-order valence-corrected chi connectivity index (χ3v) is 7.24. The Morgan fingerprint density at radius 1 is 1.33 bits per heavy atom. The molecule has 0 saturated heterocycles. The minimum Gasteiger partial charge on any atom is -0.313 e. The highest BCUT2D eigenvalue weighted by atomic mass is 32.2. The van der Waals surface area contributed by atoms with Gasteiger partial charge in [-0.2, -0.15) is 0 Å². The smallest absolute Gasteiger partial charge is 0.150 e. The van der Waals surface area contributed by atoms with Gasteiger partial charge in [-0.15, -0.1) is 11.8 Å². The van der Waals surface area contributed by atoms with Crippen molar-refractivity contribution in [3.05, 3.63) is 29.8 Å². The van der Waals surface area contributed by atoms with E-state index in [0.717, 1.165) is 25.8 Å². The first-order valence-corrected chi connectivity index (χ1v) is 10.4. The van der Waals surface area contributed by atoms with Crippen LogP contribution in [0.2, 0.25) is 0 Å². The number of thioether (sulfide) groups is 1. The van der Waals surface area contributed by atoms with E-state index in [9.17, 15) is 8.42 Å². The van der Waals surface area contributed by atoms with E-state index in [0.29, 0.717) is 17.0 Å². The Morgan fingerprint density at radius 2 is 2.10 bits per heavy atom. The average Bonchev–Trinajstić information content (AvgIpc) is 2.90. The van der Waals surface area contributed by atoms with Crippen molar-refractivity contribution in [2.75, 3.05) is 18.1 Å². The molecule has 0 spiro atoms. The Kier molecular flexibility index (Phi) is 6.14. The zero-order valence-electron chi connectivity index (χ0n) is 12.8. The zero-order valence-corrected chi connectivity index (χ0v) is 14.5. The maximum atomic E-state index is 11.6. The van der Waals surface area contributed by atoms with Gasteiger partial charge in [-0.3, -0.25) is 0 Å². The Bertz CT molecular complexity index is 532. The van der Waals surface area contributed by atoms with Crippen LogP contribution in [0.3, 0.4) is 0 Å². The molecule has 2 atom stereocenters. The van der Waals surface area contributed by atoms with E-state index in [2.05, 4.69) is 36.5 Å². The molecule has 118 valence electrons. The average molecular weight is 328 g/mol. The molecule has 2 unspecified atom stereocenters. The predicted molar refractivity (Wildman–Crippen MR) is 90.8 cm³/mol. The molecule has 1 aliphatic rings. The van der Waals surface area contributed by atoms with Crippen molar-refractivity contribution in [1.82, 2.24) is 5.32 Å². The SMILES string of the molecule is CCNC(CCCS(=O)(=O)CC)C1Cc2ccccc2S1. The van der Waals surface area contributed by atoms with Gasteiger partial charge < -0.3 is 5.32 Å². The molecule has 0 aromatic heterocycles. The first-order valence-electron chi connectivity index (χ1n) is 7.74. The van der Waals surface area contributed by atoms with E-state index in [1.165, 1.54) is 10.5 Å². The molecule has 0 saturated carbocycles. The summed E-state index contributed by atoms with van der Waals surface area (Å²) >= 11 is 1.94. The van der Waals surface area contributed by atoms with Gasteiger partial charge in [-0.1, -0.05) is 32.0 Å². The van der Waals surface area contributed by atoms with Crippen LogP contribution in [-0.2, 0) is 16.3 Å². The number of benzene rings is 1. The number of rotatable bonds is 8. The van der Waals surface area contributed by atoms with E-state index >= 15 is 0 Å². The summed E-state index contributed by atoms with van der Waals surface area (Å²) in [5, 5.41) is 4.07. The Labute approximate surface area is 132 Å². The molecule has 3 nitrogen and oxygen atoms in total. The van der Waals surface area contributed by atoms with Gasteiger partial charge in [0, 0.05) is 21.9 Å². The first-order chi connectivity index (χ1) is 10.1. The minimum atomic E-state index is -2.84. The van der Waals surface area contributed by atoms with Crippen molar-refractivity contribution < 1.29 is 8.42 Å². The van der Waals surface area contributed by atoms with Crippen LogP contribution in [0, 0.1) is 0 Å². The highest BCUT2D eigenvalue weighted by molar-refractivity contribution is 8.00. The van der Waals surface area contributed by atoms with Crippen molar-refractivity contribution in [2.24, 2.45) is 0 Å². The lowest BCUT2D eigenvalue weighted by Gasteiger charge is -2.23. The number of nitrogens with one attached hydrogen (secondary N) is 1. The summed E-state index contributed by atoms with van der Waals surface area (Å²) in [6.45, 7) is 4.77. The number of fused-ring (bicyclic) bond motifs is 1. The highest BCUT2D eigenvalue weighted by Gasteiger charge is 2.28. The maximum absolute atomic E-state index is 11.6. The molecular weight excluding hydrogens is 302 g/mol. The summed E-state index contributed by atoms with van der Waals surface area (Å²) < 4.78 is 23.2. The molecule has 0 amide bonds. The van der Waals surface area contributed by atoms with Crippen molar-refractivity contribution in [2.45, 2.75) is 49.3 Å². The third kappa shape index (κ3) is 4.73. The van der Waals surface area contributed by atoms with Crippen molar-refractivity contribution >= 4 is 21.6 Å². The highest BCUT2D eigenvalue weighted by Crippen LogP contribution is 2.39. The summed E-state index contributed by atoms with van der Waals surface area (Å²) in [4.78, 5) is 1.38. The van der Waals surface area contributed by atoms with E-state index in [1.807, 2.05) is 11.8 Å². The van der Waals surface area contributed by atoms with Crippen LogP contribution in [-0.4, -0.2) is 37.8 Å². The molecule has 0 bridgehead atoms. The van der Waals surface area contributed by atoms with Gasteiger partial charge >= 0.3 is 0 Å². The number of sulfone groups is 1. The van der Waals surface area contributed by atoms with Crippen molar-refractivity contribution in [1.29, 1.82) is 0 Å². The molecule has 1 N–H and O–H groups in total. The second kappa shape index (κ2) is 7.65. The van der Waals surface area contributed by atoms with Crippen LogP contribution in [0.5, 0.6) is 0 Å². The van der Waals surface area contributed by atoms with Gasteiger partial charge in [0.05, 0.1) is 5.75 Å². The summed E-state index contributed by atoms with van der Waals surface area (Å²) in [5.41, 5.74) is 1.43. The van der Waals surface area contributed by atoms with Crippen LogP contribution in [0.1, 0.15) is 32.3 Å². The summed E-state index contributed by atoms with van der Waals surface area (Å²) in [7, 11) is -2.84. The normalized spacial score (nSPS) is 19.4. The predicted octanol–water partition coefficient (Wildman–Crippen LogP) is 2.90. The molecule has 2 rings (SSSR count). The molecule has 1 heterocycles. The van der Waals surface area contributed by atoms with Gasteiger partial charge in [0.2, 0.25) is 0 Å². The maximum Gasteiger partial charge on any atom is 0.150 e. The van der Waals surface area contributed by atoms with E-state index in [-0.39, 0.29) is 5.75 Å². The van der Waals surface area contributed by atoms with E-state index in [1.54, 1.807) is 6.92 Å². The van der Waals surface area contributed by atoms with Crippen LogP contribution < -0.4 is 5.32 Å². The van der Waals surface area contributed by atoms with Gasteiger partial charge in [-0.25, -0.2) is 8.42 Å². The summed E-state index contributed by atoms with van der Waals surface area (Å²) in [6.07, 6.45) is 2.76. The molecule has 1 aromatic rings. The molecule has 0 radical (unpaired) electrons. The lowest BCUT2D eigenvalue weighted by Crippen LogP contribution is -2.38. The van der Waals surface area contributed by atoms with E-state index < -0.39 is 9.84 Å². The molecule has 0 fully saturated rings. The van der Waals surface area contributed by atoms with Gasteiger partial charge in [0.25, 0.3) is 0 Å². The molecule has 1 aliphatic heterocycles. The lowest BCUT2D eigenvalue weighted by atomic mass is 10.0. The summed E-state index contributed by atoms with van der Waals surface area (Å²) in [6, 6.07) is 8.96. The molecule has 1 aromatic carbocycles. The Balaban J connectivity index is 1.91. The second-order valence-corrected chi connectivity index (χ2v) is 9.26. The molecule has 5 heteroatoms. The van der Waals surface area contributed by atoms with Gasteiger partial charge in [-0.05, 0) is 37.4 Å². The number of hydrogen-bond acceptors (Lipinski definition) is 4. The fourth-order valence-corrected chi connectivity index (χ4v) is 5.12. The van der Waals surface area contributed by atoms with Gasteiger partial charge in [0.1, 0.15) is 9.84 Å². The topological polar surface area (TPSA) is 46.2 Å². The van der Waals surface area contributed by atoms with Crippen LogP contribution >= 0.6 is 11.8 Å². The van der Waals surface area contributed by atoms with Crippen molar-refractivity contribution in [3.63, 3.8) is 0 Å². The largest absolute Gasteiger partial charge is 0.313 e. The first kappa shape index (κ1) is 16.8. The molecular formula is C16H25NO2S2. The monoisotopic (exact) mass is 327 g/mol. The zero-order chi connectivity index (χ0) is 15.3. The fraction of sp³-hybridized carbons (Fsp3) is 0.625. The number of hydrogen-bond donors (Lipinski definition) is 1. The van der Waals surface area contributed by atoms with Gasteiger partial charge in [0.15, 0.2) is 0 Å². The molecule has 21 heavy (non-hydrogen) atoms. The Morgan fingerprint density at radius 3 is 2.76 bits per heavy atom.